The maximum atomic E-state index is 13.6. The molecule has 1 unspecified atom stereocenters. The summed E-state index contributed by atoms with van der Waals surface area (Å²) >= 11 is 18.0. The van der Waals surface area contributed by atoms with E-state index in [-0.39, 0.29) is 18.2 Å². The molecular formula is C28H27Cl2N3O4S. The number of amides is 2. The van der Waals surface area contributed by atoms with Gasteiger partial charge in [0.2, 0.25) is 5.91 Å². The van der Waals surface area contributed by atoms with Gasteiger partial charge in [-0.25, -0.2) is 0 Å². The number of halogens is 2. The zero-order valence-electron chi connectivity index (χ0n) is 21.2. The van der Waals surface area contributed by atoms with Gasteiger partial charge in [-0.2, -0.15) is 0 Å². The molecule has 0 aliphatic carbocycles. The molecule has 3 aromatic carbocycles. The molecule has 38 heavy (non-hydrogen) atoms. The minimum absolute atomic E-state index is 0.0824. The maximum Gasteiger partial charge on any atom is 0.256 e. The van der Waals surface area contributed by atoms with Crippen molar-refractivity contribution in [1.29, 1.82) is 0 Å². The van der Waals surface area contributed by atoms with E-state index in [2.05, 4.69) is 5.32 Å². The van der Waals surface area contributed by atoms with Crippen LogP contribution in [0.4, 0.5) is 11.4 Å². The number of thiocarbonyl (C=S) groups is 1. The van der Waals surface area contributed by atoms with Crippen LogP contribution in [0.2, 0.25) is 10.0 Å². The molecule has 1 aliphatic heterocycles. The van der Waals surface area contributed by atoms with Crippen molar-refractivity contribution in [3.8, 4) is 11.5 Å². The molecule has 0 aromatic heterocycles. The van der Waals surface area contributed by atoms with Crippen molar-refractivity contribution in [2.45, 2.75) is 25.8 Å². The first kappa shape index (κ1) is 27.7. The molecule has 7 nitrogen and oxygen atoms in total. The Kier molecular flexibility index (Phi) is 8.76. The van der Waals surface area contributed by atoms with Crippen LogP contribution in [0, 0.1) is 6.92 Å². The van der Waals surface area contributed by atoms with E-state index in [4.69, 9.17) is 44.9 Å². The number of hydrogen-bond donors (Lipinski definition) is 1. The van der Waals surface area contributed by atoms with Crippen LogP contribution in [0.5, 0.6) is 11.5 Å². The first-order valence-corrected chi connectivity index (χ1v) is 13.1. The summed E-state index contributed by atoms with van der Waals surface area (Å²) in [5.41, 5.74) is 2.92. The summed E-state index contributed by atoms with van der Waals surface area (Å²) in [5.74, 6) is 0.650. The van der Waals surface area contributed by atoms with Crippen molar-refractivity contribution in [2.24, 2.45) is 0 Å². The van der Waals surface area contributed by atoms with Gasteiger partial charge in [0.05, 0.1) is 26.3 Å². The van der Waals surface area contributed by atoms with E-state index in [0.717, 1.165) is 11.1 Å². The van der Waals surface area contributed by atoms with E-state index < -0.39 is 6.04 Å². The number of nitrogens with zero attached hydrogens (tertiary/aromatic N) is 2. The summed E-state index contributed by atoms with van der Waals surface area (Å²) in [5, 5.41) is 4.31. The van der Waals surface area contributed by atoms with Gasteiger partial charge in [0, 0.05) is 22.3 Å². The second-order valence-electron chi connectivity index (χ2n) is 8.75. The Morgan fingerprint density at radius 2 is 1.74 bits per heavy atom. The second kappa shape index (κ2) is 12.0. The third-order valence-corrected chi connectivity index (χ3v) is 7.49. The fraction of sp³-hybridized carbons (Fsp3) is 0.250. The standard InChI is InChI=1S/C28H27Cl2N3O4S/c1-17-21(30)5-4-6-22(17)31-26(34)16-23-27(35)33(20-10-8-19(29)9-11-20)28(38)32(23)14-13-18-7-12-24(36-2)25(15-18)37-3/h4-12,15,23H,13-14,16H2,1-3H3,(H,31,34). The molecule has 4 rings (SSSR count). The minimum Gasteiger partial charge on any atom is -0.493 e. The van der Waals surface area contributed by atoms with Gasteiger partial charge in [-0.15, -0.1) is 0 Å². The van der Waals surface area contributed by atoms with Crippen molar-refractivity contribution >= 4 is 63.7 Å². The molecule has 10 heteroatoms. The van der Waals surface area contributed by atoms with Crippen LogP contribution in [0.1, 0.15) is 17.5 Å². The van der Waals surface area contributed by atoms with Crippen LogP contribution in [0.15, 0.2) is 60.7 Å². The number of carbonyl (C=O) groups excluding carboxylic acids is 2. The van der Waals surface area contributed by atoms with Crippen molar-refractivity contribution < 1.29 is 19.1 Å². The lowest BCUT2D eigenvalue weighted by Gasteiger charge is -2.24. The Morgan fingerprint density at radius 3 is 2.42 bits per heavy atom. The fourth-order valence-corrected chi connectivity index (χ4v) is 5.04. The summed E-state index contributed by atoms with van der Waals surface area (Å²) in [6, 6.07) is 17.0. The molecule has 1 fully saturated rings. The molecule has 1 N–H and O–H groups in total. The van der Waals surface area contributed by atoms with Crippen molar-refractivity contribution in [2.75, 3.05) is 31.0 Å². The highest BCUT2D eigenvalue weighted by Gasteiger charge is 2.44. The molecule has 0 spiro atoms. The quantitative estimate of drug-likeness (QED) is 0.323. The van der Waals surface area contributed by atoms with Crippen LogP contribution >= 0.6 is 35.4 Å². The minimum atomic E-state index is -0.780. The number of ether oxygens (including phenoxy) is 2. The molecule has 0 bridgehead atoms. The smallest absolute Gasteiger partial charge is 0.256 e. The first-order valence-electron chi connectivity index (χ1n) is 11.9. The molecule has 1 atom stereocenters. The summed E-state index contributed by atoms with van der Waals surface area (Å²) in [6.45, 7) is 2.24. The van der Waals surface area contributed by atoms with E-state index in [1.54, 1.807) is 61.6 Å². The van der Waals surface area contributed by atoms with Crippen LogP contribution in [-0.4, -0.2) is 48.6 Å². The number of rotatable bonds is 9. The monoisotopic (exact) mass is 571 g/mol. The number of benzene rings is 3. The molecule has 1 heterocycles. The van der Waals surface area contributed by atoms with Gasteiger partial charge in [0.15, 0.2) is 16.6 Å². The van der Waals surface area contributed by atoms with Crippen molar-refractivity contribution in [3.05, 3.63) is 81.8 Å². The normalized spacial score (nSPS) is 15.1. The highest BCUT2D eigenvalue weighted by molar-refractivity contribution is 7.80. The fourth-order valence-electron chi connectivity index (χ4n) is 4.32. The Bertz CT molecular complexity index is 1370. The van der Waals surface area contributed by atoms with E-state index in [9.17, 15) is 9.59 Å². The van der Waals surface area contributed by atoms with Crippen LogP contribution in [-0.2, 0) is 16.0 Å². The number of methoxy groups -OCH3 is 2. The third-order valence-electron chi connectivity index (χ3n) is 6.41. The first-order chi connectivity index (χ1) is 18.2. The summed E-state index contributed by atoms with van der Waals surface area (Å²) in [6.07, 6.45) is 0.481. The Labute approximate surface area is 237 Å². The average molecular weight is 573 g/mol. The number of carbonyl (C=O) groups is 2. The van der Waals surface area contributed by atoms with E-state index in [0.29, 0.717) is 51.0 Å². The zero-order valence-corrected chi connectivity index (χ0v) is 23.5. The van der Waals surface area contributed by atoms with E-state index in [1.165, 1.54) is 4.90 Å². The topological polar surface area (TPSA) is 71.1 Å². The van der Waals surface area contributed by atoms with Crippen LogP contribution in [0.25, 0.3) is 0 Å². The molecular weight excluding hydrogens is 545 g/mol. The van der Waals surface area contributed by atoms with Crippen LogP contribution in [0.3, 0.4) is 0 Å². The van der Waals surface area contributed by atoms with Gasteiger partial charge >= 0.3 is 0 Å². The molecule has 2 amide bonds. The van der Waals surface area contributed by atoms with Crippen LogP contribution < -0.4 is 19.7 Å². The van der Waals surface area contributed by atoms with Gasteiger partial charge in [-0.05, 0) is 85.2 Å². The largest absolute Gasteiger partial charge is 0.493 e. The highest BCUT2D eigenvalue weighted by Crippen LogP contribution is 2.31. The lowest BCUT2D eigenvalue weighted by molar-refractivity contribution is -0.124. The summed E-state index contributed by atoms with van der Waals surface area (Å²) in [4.78, 5) is 30.0. The van der Waals surface area contributed by atoms with Gasteiger partial charge in [-0.3, -0.25) is 14.5 Å². The Balaban J connectivity index is 1.58. The lowest BCUT2D eigenvalue weighted by Crippen LogP contribution is -2.39. The third kappa shape index (κ3) is 5.88. The SMILES string of the molecule is COc1ccc(CCN2C(=S)N(c3ccc(Cl)cc3)C(=O)C2CC(=O)Nc2cccc(Cl)c2C)cc1OC. The maximum absolute atomic E-state index is 13.6. The van der Waals surface area contributed by atoms with Gasteiger partial charge in [0.25, 0.3) is 5.91 Å². The highest BCUT2D eigenvalue weighted by atomic mass is 35.5. The second-order valence-corrected chi connectivity index (χ2v) is 9.95. The molecule has 0 saturated carbocycles. The molecule has 3 aromatic rings. The van der Waals surface area contributed by atoms with Crippen molar-refractivity contribution in [3.63, 3.8) is 0 Å². The Hall–Kier alpha value is -3.33. The van der Waals surface area contributed by atoms with Gasteiger partial charge in [0.1, 0.15) is 6.04 Å². The van der Waals surface area contributed by atoms with Gasteiger partial charge in [-0.1, -0.05) is 35.3 Å². The molecule has 0 radical (unpaired) electrons. The summed E-state index contributed by atoms with van der Waals surface area (Å²) in [7, 11) is 3.16. The molecule has 1 saturated heterocycles. The van der Waals surface area contributed by atoms with E-state index >= 15 is 0 Å². The van der Waals surface area contributed by atoms with Gasteiger partial charge < -0.3 is 19.7 Å². The van der Waals surface area contributed by atoms with E-state index in [1.807, 2.05) is 25.1 Å². The Morgan fingerprint density at radius 1 is 1.03 bits per heavy atom. The number of hydrogen-bond acceptors (Lipinski definition) is 5. The van der Waals surface area contributed by atoms with Crippen molar-refractivity contribution in [1.82, 2.24) is 4.90 Å². The molecule has 1 aliphatic rings. The zero-order chi connectivity index (χ0) is 27.4. The number of anilines is 2. The predicted octanol–water partition coefficient (Wildman–Crippen LogP) is 5.89. The lowest BCUT2D eigenvalue weighted by atomic mass is 10.1. The molecule has 198 valence electrons. The summed E-state index contributed by atoms with van der Waals surface area (Å²) < 4.78 is 10.7. The predicted molar refractivity (Wildman–Crippen MR) is 155 cm³/mol. The average Bonchev–Trinajstić information content (AvgIpc) is 3.14. The number of nitrogens with one attached hydrogen (secondary N) is 1.